The van der Waals surface area contributed by atoms with Gasteiger partial charge in [-0.25, -0.2) is 4.98 Å². The van der Waals surface area contributed by atoms with Crippen molar-refractivity contribution in [3.63, 3.8) is 0 Å². The minimum atomic E-state index is -0.158. The molecule has 6 heteroatoms. The summed E-state index contributed by atoms with van der Waals surface area (Å²) in [6.07, 6.45) is 2.46. The van der Waals surface area contributed by atoms with E-state index in [2.05, 4.69) is 15.6 Å². The predicted molar refractivity (Wildman–Crippen MR) is 112 cm³/mol. The molecular weight excluding hydrogens is 374 g/mol. The van der Waals surface area contributed by atoms with E-state index in [0.29, 0.717) is 24.5 Å². The molecule has 2 aromatic carbocycles. The van der Waals surface area contributed by atoms with E-state index in [1.807, 2.05) is 48.5 Å². The largest absolute Gasteiger partial charge is 0.496 e. The Morgan fingerprint density at radius 3 is 2.68 bits per heavy atom. The molecule has 0 saturated carbocycles. The number of methoxy groups -OCH3 is 1. The number of para-hydroxylation sites is 1. The molecule has 0 atom stereocenters. The number of hydrogen-bond acceptors (Lipinski definition) is 4. The molecule has 0 aliphatic carbocycles. The number of carbonyl (C=O) groups excluding carboxylic acids is 1. The number of nitrogens with zero attached hydrogens (tertiary/aromatic N) is 1. The first kappa shape index (κ1) is 19.7. The molecule has 1 heterocycles. The van der Waals surface area contributed by atoms with Crippen molar-refractivity contribution >= 4 is 23.3 Å². The molecule has 5 nitrogen and oxygen atoms in total. The quantitative estimate of drug-likeness (QED) is 0.596. The number of nitrogens with one attached hydrogen (secondary N) is 2. The zero-order valence-corrected chi connectivity index (χ0v) is 16.4. The summed E-state index contributed by atoms with van der Waals surface area (Å²) in [5, 5.41) is 6.90. The summed E-state index contributed by atoms with van der Waals surface area (Å²) in [5.74, 6) is 1.26. The van der Waals surface area contributed by atoms with E-state index in [0.717, 1.165) is 22.8 Å². The van der Waals surface area contributed by atoms with Gasteiger partial charge in [0.25, 0.3) is 5.91 Å². The highest BCUT2D eigenvalue weighted by Crippen LogP contribution is 2.17. The van der Waals surface area contributed by atoms with Crippen LogP contribution in [0.25, 0.3) is 0 Å². The standard InChI is InChI=1S/C22H22ClN3O2/c1-28-20-5-3-2-4-18(20)15-26-22(27)17-11-13-25-21(14-17)24-12-10-16-6-8-19(23)9-7-16/h2-9,11,13-14H,10,12,15H2,1H3,(H,24,25)(H,26,27). The predicted octanol–water partition coefficient (Wildman–Crippen LogP) is 4.33. The maximum Gasteiger partial charge on any atom is 0.251 e. The zero-order chi connectivity index (χ0) is 19.8. The summed E-state index contributed by atoms with van der Waals surface area (Å²) in [5.41, 5.74) is 2.66. The van der Waals surface area contributed by atoms with Crippen LogP contribution in [0.5, 0.6) is 5.75 Å². The van der Waals surface area contributed by atoms with E-state index in [9.17, 15) is 4.79 Å². The number of carbonyl (C=O) groups is 1. The Balaban J connectivity index is 1.54. The van der Waals surface area contributed by atoms with Crippen LogP contribution < -0.4 is 15.4 Å². The van der Waals surface area contributed by atoms with Crippen LogP contribution in [-0.2, 0) is 13.0 Å². The highest BCUT2D eigenvalue weighted by molar-refractivity contribution is 6.30. The molecule has 0 aliphatic heterocycles. The van der Waals surface area contributed by atoms with Gasteiger partial charge in [0, 0.05) is 35.4 Å². The molecule has 0 bridgehead atoms. The SMILES string of the molecule is COc1ccccc1CNC(=O)c1ccnc(NCCc2ccc(Cl)cc2)c1. The van der Waals surface area contributed by atoms with Crippen molar-refractivity contribution in [3.8, 4) is 5.75 Å². The Labute approximate surface area is 169 Å². The molecule has 144 valence electrons. The average molecular weight is 396 g/mol. The number of ether oxygens (including phenoxy) is 1. The van der Waals surface area contributed by atoms with Crippen molar-refractivity contribution in [2.24, 2.45) is 0 Å². The lowest BCUT2D eigenvalue weighted by molar-refractivity contribution is 0.0950. The third-order valence-corrected chi connectivity index (χ3v) is 4.54. The number of rotatable bonds is 8. The minimum Gasteiger partial charge on any atom is -0.496 e. The van der Waals surface area contributed by atoms with Gasteiger partial charge in [-0.05, 0) is 42.3 Å². The van der Waals surface area contributed by atoms with E-state index in [1.54, 1.807) is 25.4 Å². The fraction of sp³-hybridized carbons (Fsp3) is 0.182. The lowest BCUT2D eigenvalue weighted by atomic mass is 10.1. The van der Waals surface area contributed by atoms with Gasteiger partial charge >= 0.3 is 0 Å². The van der Waals surface area contributed by atoms with Gasteiger partial charge in [0.05, 0.1) is 7.11 Å². The maximum atomic E-state index is 12.5. The van der Waals surface area contributed by atoms with Crippen molar-refractivity contribution in [2.45, 2.75) is 13.0 Å². The smallest absolute Gasteiger partial charge is 0.251 e. The minimum absolute atomic E-state index is 0.158. The van der Waals surface area contributed by atoms with Crippen molar-refractivity contribution in [2.75, 3.05) is 19.0 Å². The van der Waals surface area contributed by atoms with Crippen LogP contribution in [-0.4, -0.2) is 24.5 Å². The summed E-state index contributed by atoms with van der Waals surface area (Å²) in [7, 11) is 1.62. The van der Waals surface area contributed by atoms with Crippen LogP contribution in [0.3, 0.4) is 0 Å². The van der Waals surface area contributed by atoms with E-state index in [-0.39, 0.29) is 5.91 Å². The molecule has 1 amide bonds. The highest BCUT2D eigenvalue weighted by atomic mass is 35.5. The molecule has 3 aromatic rings. The molecule has 0 spiro atoms. The van der Waals surface area contributed by atoms with Crippen LogP contribution in [0.1, 0.15) is 21.5 Å². The molecule has 0 aliphatic rings. The van der Waals surface area contributed by atoms with Gasteiger partial charge in [0.2, 0.25) is 0 Å². The molecular formula is C22H22ClN3O2. The number of aromatic nitrogens is 1. The van der Waals surface area contributed by atoms with Crippen LogP contribution in [0, 0.1) is 0 Å². The van der Waals surface area contributed by atoms with Crippen molar-refractivity contribution in [1.82, 2.24) is 10.3 Å². The summed E-state index contributed by atoms with van der Waals surface area (Å²) in [6.45, 7) is 1.10. The molecule has 2 N–H and O–H groups in total. The molecule has 28 heavy (non-hydrogen) atoms. The van der Waals surface area contributed by atoms with E-state index < -0.39 is 0 Å². The number of benzene rings is 2. The van der Waals surface area contributed by atoms with Crippen LogP contribution in [0.15, 0.2) is 66.9 Å². The summed E-state index contributed by atoms with van der Waals surface area (Å²) in [6, 6.07) is 18.8. The van der Waals surface area contributed by atoms with Gasteiger partial charge in [0.1, 0.15) is 11.6 Å². The van der Waals surface area contributed by atoms with Gasteiger partial charge < -0.3 is 15.4 Å². The lowest BCUT2D eigenvalue weighted by Gasteiger charge is -2.10. The second-order valence-electron chi connectivity index (χ2n) is 6.23. The van der Waals surface area contributed by atoms with Gasteiger partial charge in [-0.1, -0.05) is 41.9 Å². The number of hydrogen-bond donors (Lipinski definition) is 2. The Kier molecular flexibility index (Phi) is 6.87. The molecule has 3 rings (SSSR count). The van der Waals surface area contributed by atoms with Crippen molar-refractivity contribution in [3.05, 3.63) is 88.6 Å². The van der Waals surface area contributed by atoms with Gasteiger partial charge in [0.15, 0.2) is 0 Å². The van der Waals surface area contributed by atoms with Crippen molar-refractivity contribution in [1.29, 1.82) is 0 Å². The fourth-order valence-corrected chi connectivity index (χ4v) is 2.91. The number of amides is 1. The monoisotopic (exact) mass is 395 g/mol. The van der Waals surface area contributed by atoms with E-state index in [4.69, 9.17) is 16.3 Å². The van der Waals surface area contributed by atoms with E-state index >= 15 is 0 Å². The van der Waals surface area contributed by atoms with Crippen molar-refractivity contribution < 1.29 is 9.53 Å². The first-order valence-corrected chi connectivity index (χ1v) is 9.38. The van der Waals surface area contributed by atoms with Gasteiger partial charge in [-0.2, -0.15) is 0 Å². The van der Waals surface area contributed by atoms with E-state index in [1.165, 1.54) is 5.56 Å². The Hall–Kier alpha value is -3.05. The van der Waals surface area contributed by atoms with Crippen LogP contribution in [0.4, 0.5) is 5.82 Å². The zero-order valence-electron chi connectivity index (χ0n) is 15.6. The first-order valence-electron chi connectivity index (χ1n) is 9.00. The number of anilines is 1. The summed E-state index contributed by atoms with van der Waals surface area (Å²) >= 11 is 5.90. The Morgan fingerprint density at radius 1 is 1.11 bits per heavy atom. The molecule has 0 fully saturated rings. The highest BCUT2D eigenvalue weighted by Gasteiger charge is 2.08. The maximum absolute atomic E-state index is 12.5. The van der Waals surface area contributed by atoms with Gasteiger partial charge in [-0.3, -0.25) is 4.79 Å². The molecule has 0 unspecified atom stereocenters. The fourth-order valence-electron chi connectivity index (χ4n) is 2.78. The van der Waals surface area contributed by atoms with Gasteiger partial charge in [-0.15, -0.1) is 0 Å². The summed E-state index contributed by atoms with van der Waals surface area (Å²) in [4.78, 5) is 16.8. The van der Waals surface area contributed by atoms with Crippen LogP contribution >= 0.6 is 11.6 Å². The normalized spacial score (nSPS) is 10.4. The average Bonchev–Trinajstić information content (AvgIpc) is 2.74. The Bertz CT molecular complexity index is 929. The number of halogens is 1. The second kappa shape index (κ2) is 9.76. The third kappa shape index (κ3) is 5.47. The topological polar surface area (TPSA) is 63.2 Å². The molecule has 1 aromatic heterocycles. The molecule has 0 radical (unpaired) electrons. The molecule has 0 saturated heterocycles. The second-order valence-corrected chi connectivity index (χ2v) is 6.66. The van der Waals surface area contributed by atoms with Crippen LogP contribution in [0.2, 0.25) is 5.02 Å². The summed E-state index contributed by atoms with van der Waals surface area (Å²) < 4.78 is 5.31. The first-order chi connectivity index (χ1) is 13.7. The lowest BCUT2D eigenvalue weighted by Crippen LogP contribution is -2.23. The number of pyridine rings is 1. The third-order valence-electron chi connectivity index (χ3n) is 4.29. The Morgan fingerprint density at radius 2 is 1.89 bits per heavy atom.